The van der Waals surface area contributed by atoms with Gasteiger partial charge in [-0.2, -0.15) is 0 Å². The molecule has 0 rings (SSSR count). The van der Waals surface area contributed by atoms with Crippen LogP contribution in [0.3, 0.4) is 0 Å². The van der Waals surface area contributed by atoms with Gasteiger partial charge in [-0.25, -0.2) is 0 Å². The van der Waals surface area contributed by atoms with Gasteiger partial charge in [0.2, 0.25) is 0 Å². The van der Waals surface area contributed by atoms with Gasteiger partial charge in [-0.05, 0) is 13.3 Å². The van der Waals surface area contributed by atoms with Crippen molar-refractivity contribution in [1.82, 2.24) is 10.6 Å². The molecular weight excluding hydrogens is 202 g/mol. The molecule has 1 atom stereocenters. The standard InChI is InChI=1S/C8H15N3O2S/c1-3-5(2)11-8(13)7(12)10-4-6(9)14/h5H,3-4H2,1-2H3,(H2,9,14)(H,10,12)(H,11,13). The molecule has 0 heterocycles. The summed E-state index contributed by atoms with van der Waals surface area (Å²) in [7, 11) is 0. The Morgan fingerprint density at radius 1 is 1.43 bits per heavy atom. The molecule has 0 aromatic carbocycles. The van der Waals surface area contributed by atoms with Gasteiger partial charge in [0.15, 0.2) is 0 Å². The largest absolute Gasteiger partial charge is 0.392 e. The van der Waals surface area contributed by atoms with Gasteiger partial charge < -0.3 is 16.4 Å². The summed E-state index contributed by atoms with van der Waals surface area (Å²) in [6.07, 6.45) is 0.772. The third-order valence-electron chi connectivity index (χ3n) is 1.62. The first-order valence-electron chi connectivity index (χ1n) is 4.34. The van der Waals surface area contributed by atoms with Crippen molar-refractivity contribution in [3.8, 4) is 0 Å². The molecule has 0 aliphatic rings. The fraction of sp³-hybridized carbons (Fsp3) is 0.625. The van der Waals surface area contributed by atoms with Gasteiger partial charge in [-0.15, -0.1) is 0 Å². The number of amides is 2. The van der Waals surface area contributed by atoms with Crippen LogP contribution in [-0.2, 0) is 9.59 Å². The van der Waals surface area contributed by atoms with Crippen LogP contribution in [0.5, 0.6) is 0 Å². The van der Waals surface area contributed by atoms with E-state index in [1.54, 1.807) is 0 Å². The smallest absolute Gasteiger partial charge is 0.309 e. The van der Waals surface area contributed by atoms with Crippen molar-refractivity contribution in [3.05, 3.63) is 0 Å². The Morgan fingerprint density at radius 2 is 2.00 bits per heavy atom. The van der Waals surface area contributed by atoms with Crippen LogP contribution in [0.1, 0.15) is 20.3 Å². The summed E-state index contributed by atoms with van der Waals surface area (Å²) in [5, 5.41) is 4.81. The monoisotopic (exact) mass is 217 g/mol. The van der Waals surface area contributed by atoms with Gasteiger partial charge >= 0.3 is 11.8 Å². The normalized spacial score (nSPS) is 11.6. The zero-order valence-corrected chi connectivity index (χ0v) is 9.11. The summed E-state index contributed by atoms with van der Waals surface area (Å²) in [6, 6.07) is -0.0157. The molecule has 4 N–H and O–H groups in total. The second-order valence-corrected chi connectivity index (χ2v) is 3.46. The van der Waals surface area contributed by atoms with Crippen LogP contribution in [0.4, 0.5) is 0 Å². The van der Waals surface area contributed by atoms with E-state index in [4.69, 9.17) is 5.73 Å². The molecule has 0 radical (unpaired) electrons. The third-order valence-corrected chi connectivity index (χ3v) is 1.76. The minimum Gasteiger partial charge on any atom is -0.392 e. The van der Waals surface area contributed by atoms with Crippen LogP contribution < -0.4 is 16.4 Å². The highest BCUT2D eigenvalue weighted by atomic mass is 32.1. The first kappa shape index (κ1) is 12.8. The van der Waals surface area contributed by atoms with Crippen LogP contribution in [-0.4, -0.2) is 29.4 Å². The number of nitrogens with two attached hydrogens (primary N) is 1. The minimum atomic E-state index is -0.710. The number of nitrogens with one attached hydrogen (secondary N) is 2. The van der Waals surface area contributed by atoms with Gasteiger partial charge in [-0.1, -0.05) is 19.1 Å². The van der Waals surface area contributed by atoms with E-state index in [1.165, 1.54) is 0 Å². The fourth-order valence-corrected chi connectivity index (χ4v) is 0.711. The van der Waals surface area contributed by atoms with Crippen molar-refractivity contribution < 1.29 is 9.59 Å². The molecular formula is C8H15N3O2S. The average Bonchev–Trinajstić information content (AvgIpc) is 2.13. The Kier molecular flexibility index (Phi) is 5.78. The molecule has 14 heavy (non-hydrogen) atoms. The van der Waals surface area contributed by atoms with E-state index in [2.05, 4.69) is 22.9 Å². The molecule has 0 spiro atoms. The highest BCUT2D eigenvalue weighted by Crippen LogP contribution is 1.86. The molecule has 0 fully saturated rings. The predicted octanol–water partition coefficient (Wildman–Crippen LogP) is -0.697. The van der Waals surface area contributed by atoms with Crippen molar-refractivity contribution in [3.63, 3.8) is 0 Å². The van der Waals surface area contributed by atoms with Crippen LogP contribution in [0.15, 0.2) is 0 Å². The maximum Gasteiger partial charge on any atom is 0.309 e. The lowest BCUT2D eigenvalue weighted by molar-refractivity contribution is -0.139. The van der Waals surface area contributed by atoms with Crippen molar-refractivity contribution >= 4 is 29.0 Å². The number of carbonyl (C=O) groups excluding carboxylic acids is 2. The maximum absolute atomic E-state index is 11.1. The van der Waals surface area contributed by atoms with Crippen molar-refractivity contribution in [1.29, 1.82) is 0 Å². The number of thiocarbonyl (C=S) groups is 1. The lowest BCUT2D eigenvalue weighted by atomic mass is 10.2. The topological polar surface area (TPSA) is 84.2 Å². The molecule has 0 aliphatic heterocycles. The lowest BCUT2D eigenvalue weighted by Gasteiger charge is -2.10. The first-order valence-corrected chi connectivity index (χ1v) is 4.75. The Bertz CT molecular complexity index is 243. The minimum absolute atomic E-state index is 0.0157. The summed E-state index contributed by atoms with van der Waals surface area (Å²) in [6.45, 7) is 3.78. The summed E-state index contributed by atoms with van der Waals surface area (Å²) >= 11 is 4.54. The quantitative estimate of drug-likeness (QED) is 0.429. The van der Waals surface area contributed by atoms with Gasteiger partial charge in [0.25, 0.3) is 0 Å². The van der Waals surface area contributed by atoms with E-state index in [0.29, 0.717) is 0 Å². The zero-order chi connectivity index (χ0) is 11.1. The zero-order valence-electron chi connectivity index (χ0n) is 8.29. The molecule has 0 aromatic heterocycles. The van der Waals surface area contributed by atoms with E-state index in [9.17, 15) is 9.59 Å². The Morgan fingerprint density at radius 3 is 2.43 bits per heavy atom. The van der Waals surface area contributed by atoms with Crippen LogP contribution in [0.2, 0.25) is 0 Å². The highest BCUT2D eigenvalue weighted by Gasteiger charge is 2.14. The second-order valence-electron chi connectivity index (χ2n) is 2.93. The molecule has 0 aromatic rings. The third kappa shape index (κ3) is 5.47. The van der Waals surface area contributed by atoms with Crippen LogP contribution >= 0.6 is 12.2 Å². The highest BCUT2D eigenvalue weighted by molar-refractivity contribution is 7.80. The van der Waals surface area contributed by atoms with E-state index in [-0.39, 0.29) is 17.6 Å². The fourth-order valence-electron chi connectivity index (χ4n) is 0.639. The average molecular weight is 217 g/mol. The summed E-state index contributed by atoms with van der Waals surface area (Å²) in [4.78, 5) is 22.3. The van der Waals surface area contributed by atoms with E-state index < -0.39 is 11.8 Å². The molecule has 1 unspecified atom stereocenters. The van der Waals surface area contributed by atoms with E-state index >= 15 is 0 Å². The second kappa shape index (κ2) is 6.31. The Balaban J connectivity index is 3.88. The molecule has 80 valence electrons. The van der Waals surface area contributed by atoms with Crippen LogP contribution in [0.25, 0.3) is 0 Å². The van der Waals surface area contributed by atoms with Crippen molar-refractivity contribution in [2.45, 2.75) is 26.3 Å². The first-order chi connectivity index (χ1) is 6.47. The van der Waals surface area contributed by atoms with Crippen molar-refractivity contribution in [2.75, 3.05) is 6.54 Å². The van der Waals surface area contributed by atoms with Crippen molar-refractivity contribution in [2.24, 2.45) is 5.73 Å². The Labute approximate surface area is 88.4 Å². The summed E-state index contributed by atoms with van der Waals surface area (Å²) in [5.74, 6) is -1.37. The lowest BCUT2D eigenvalue weighted by Crippen LogP contribution is -2.45. The van der Waals surface area contributed by atoms with Gasteiger partial charge in [0.1, 0.15) is 0 Å². The molecule has 0 bridgehead atoms. The van der Waals surface area contributed by atoms with E-state index in [0.717, 1.165) is 6.42 Å². The van der Waals surface area contributed by atoms with Gasteiger partial charge in [0.05, 0.1) is 11.5 Å². The molecule has 6 heteroatoms. The predicted molar refractivity (Wildman–Crippen MR) is 57.7 cm³/mol. The summed E-state index contributed by atoms with van der Waals surface area (Å²) < 4.78 is 0. The SMILES string of the molecule is CCC(C)NC(=O)C(=O)NCC(N)=S. The number of rotatable bonds is 4. The maximum atomic E-state index is 11.1. The van der Waals surface area contributed by atoms with E-state index in [1.807, 2.05) is 13.8 Å². The molecule has 5 nitrogen and oxygen atoms in total. The molecule has 0 saturated heterocycles. The molecule has 0 aliphatic carbocycles. The number of carbonyl (C=O) groups is 2. The molecule has 0 saturated carbocycles. The van der Waals surface area contributed by atoms with Gasteiger partial charge in [0, 0.05) is 6.04 Å². The summed E-state index contributed by atoms with van der Waals surface area (Å²) in [5.41, 5.74) is 5.15. The Hall–Kier alpha value is -1.17. The number of hydrogen-bond acceptors (Lipinski definition) is 3. The number of hydrogen-bond donors (Lipinski definition) is 3. The van der Waals surface area contributed by atoms with Crippen LogP contribution in [0, 0.1) is 0 Å². The molecule has 2 amide bonds. The van der Waals surface area contributed by atoms with Gasteiger partial charge in [-0.3, -0.25) is 9.59 Å².